The quantitative estimate of drug-likeness (QED) is 0.591. The number of hydrogen-bond donors (Lipinski definition) is 0. The number of benzene rings is 1. The average Bonchev–Trinajstić information content (AvgIpc) is 2.45. The van der Waals surface area contributed by atoms with Crippen LogP contribution in [0.1, 0.15) is 43.7 Å². The summed E-state index contributed by atoms with van der Waals surface area (Å²) in [6, 6.07) is 10.7. The number of nitrogens with zero attached hydrogens (tertiary/aromatic N) is 1. The Labute approximate surface area is 113 Å². The normalized spacial score (nSPS) is 29.2. The molecule has 1 amide bonds. The molecule has 1 heterocycles. The molecular formula is C15H18ClNO. The van der Waals surface area contributed by atoms with Crippen molar-refractivity contribution in [2.24, 2.45) is 0 Å². The maximum absolute atomic E-state index is 12.0. The van der Waals surface area contributed by atoms with E-state index in [0.29, 0.717) is 6.04 Å². The van der Waals surface area contributed by atoms with Gasteiger partial charge in [-0.25, -0.2) is 0 Å². The van der Waals surface area contributed by atoms with Crippen LogP contribution in [-0.4, -0.2) is 22.2 Å². The first-order valence-electron chi connectivity index (χ1n) is 6.80. The van der Waals surface area contributed by atoms with Gasteiger partial charge in [0.15, 0.2) is 0 Å². The molecule has 3 heteroatoms. The standard InChI is InChI=1S/C15H18ClNO/c16-13-14(11-7-3-1-4-8-11)17(15(13)18)12-9-5-2-6-10-12/h1,3-4,7-8,12-14H,2,5-6,9-10H2/t13-,14+/m0/s1. The lowest BCUT2D eigenvalue weighted by atomic mass is 9.86. The molecule has 0 spiro atoms. The second-order valence-electron chi connectivity index (χ2n) is 5.29. The third kappa shape index (κ3) is 1.93. The largest absolute Gasteiger partial charge is 0.329 e. The Balaban J connectivity index is 1.82. The highest BCUT2D eigenvalue weighted by Crippen LogP contribution is 2.42. The predicted molar refractivity (Wildman–Crippen MR) is 72.5 cm³/mol. The number of β-lactam (4-membered cyclic amide) rings is 1. The second kappa shape index (κ2) is 4.93. The molecule has 2 fully saturated rings. The third-order valence-corrected chi connectivity index (χ3v) is 4.60. The molecule has 1 aromatic carbocycles. The van der Waals surface area contributed by atoms with Gasteiger partial charge in [-0.2, -0.15) is 0 Å². The minimum atomic E-state index is -0.366. The summed E-state index contributed by atoms with van der Waals surface area (Å²) >= 11 is 6.22. The van der Waals surface area contributed by atoms with Gasteiger partial charge < -0.3 is 4.90 Å². The maximum Gasteiger partial charge on any atom is 0.243 e. The zero-order chi connectivity index (χ0) is 12.5. The summed E-state index contributed by atoms with van der Waals surface area (Å²) in [5.41, 5.74) is 1.17. The number of carbonyl (C=O) groups excluding carboxylic acids is 1. The van der Waals surface area contributed by atoms with Crippen LogP contribution < -0.4 is 0 Å². The van der Waals surface area contributed by atoms with E-state index in [4.69, 9.17) is 11.6 Å². The first kappa shape index (κ1) is 12.0. The molecule has 0 aromatic heterocycles. The molecule has 3 rings (SSSR count). The number of hydrogen-bond acceptors (Lipinski definition) is 1. The molecular weight excluding hydrogens is 246 g/mol. The van der Waals surface area contributed by atoms with E-state index in [9.17, 15) is 4.79 Å². The molecule has 0 unspecified atom stereocenters. The van der Waals surface area contributed by atoms with E-state index in [2.05, 4.69) is 12.1 Å². The van der Waals surface area contributed by atoms with Gasteiger partial charge in [0, 0.05) is 6.04 Å². The molecule has 0 N–H and O–H groups in total. The van der Waals surface area contributed by atoms with E-state index >= 15 is 0 Å². The van der Waals surface area contributed by atoms with E-state index in [1.807, 2.05) is 23.1 Å². The van der Waals surface area contributed by atoms with Crippen molar-refractivity contribution >= 4 is 17.5 Å². The van der Waals surface area contributed by atoms with E-state index in [1.165, 1.54) is 24.8 Å². The molecule has 96 valence electrons. The van der Waals surface area contributed by atoms with Crippen molar-refractivity contribution in [3.05, 3.63) is 35.9 Å². The summed E-state index contributed by atoms with van der Waals surface area (Å²) in [6.45, 7) is 0. The Hall–Kier alpha value is -1.02. The lowest BCUT2D eigenvalue weighted by Gasteiger charge is -2.50. The van der Waals surface area contributed by atoms with Crippen LogP contribution in [-0.2, 0) is 4.79 Å². The van der Waals surface area contributed by atoms with Gasteiger partial charge in [0.25, 0.3) is 0 Å². The van der Waals surface area contributed by atoms with Crippen LogP contribution in [0.15, 0.2) is 30.3 Å². The topological polar surface area (TPSA) is 20.3 Å². The molecule has 2 nitrogen and oxygen atoms in total. The van der Waals surface area contributed by atoms with Crippen LogP contribution in [0.25, 0.3) is 0 Å². The predicted octanol–water partition coefficient (Wildman–Crippen LogP) is 3.51. The van der Waals surface area contributed by atoms with Gasteiger partial charge in [-0.15, -0.1) is 11.6 Å². The highest BCUT2D eigenvalue weighted by molar-refractivity contribution is 6.33. The van der Waals surface area contributed by atoms with Gasteiger partial charge in [0.2, 0.25) is 5.91 Å². The van der Waals surface area contributed by atoms with Crippen molar-refractivity contribution in [2.75, 3.05) is 0 Å². The fourth-order valence-electron chi connectivity index (χ4n) is 3.22. The van der Waals surface area contributed by atoms with Gasteiger partial charge in [-0.3, -0.25) is 4.79 Å². The van der Waals surface area contributed by atoms with E-state index in [1.54, 1.807) is 0 Å². The lowest BCUT2D eigenvalue weighted by molar-refractivity contribution is -0.150. The molecule has 2 atom stereocenters. The third-order valence-electron chi connectivity index (χ3n) is 4.18. The molecule has 0 bridgehead atoms. The van der Waals surface area contributed by atoms with Crippen molar-refractivity contribution in [1.29, 1.82) is 0 Å². The molecule has 1 saturated heterocycles. The summed E-state index contributed by atoms with van der Waals surface area (Å²) in [6.07, 6.45) is 6.06. The highest BCUT2D eigenvalue weighted by atomic mass is 35.5. The zero-order valence-electron chi connectivity index (χ0n) is 10.4. The maximum atomic E-state index is 12.0. The molecule has 1 saturated carbocycles. The van der Waals surface area contributed by atoms with Gasteiger partial charge in [0.05, 0.1) is 6.04 Å². The highest BCUT2D eigenvalue weighted by Gasteiger charge is 2.49. The fraction of sp³-hybridized carbons (Fsp3) is 0.533. The number of halogens is 1. The number of rotatable bonds is 2. The minimum Gasteiger partial charge on any atom is -0.329 e. The smallest absolute Gasteiger partial charge is 0.243 e. The minimum absolute atomic E-state index is 0.0865. The van der Waals surface area contributed by atoms with Gasteiger partial charge >= 0.3 is 0 Å². The van der Waals surface area contributed by atoms with Crippen LogP contribution in [0, 0.1) is 0 Å². The van der Waals surface area contributed by atoms with Crippen molar-refractivity contribution in [3.63, 3.8) is 0 Å². The second-order valence-corrected chi connectivity index (χ2v) is 5.76. The van der Waals surface area contributed by atoms with Crippen LogP contribution in [0.4, 0.5) is 0 Å². The molecule has 1 aromatic rings. The van der Waals surface area contributed by atoms with Gasteiger partial charge in [-0.05, 0) is 18.4 Å². The first-order valence-corrected chi connectivity index (χ1v) is 7.24. The van der Waals surface area contributed by atoms with E-state index in [-0.39, 0.29) is 17.3 Å². The summed E-state index contributed by atoms with van der Waals surface area (Å²) < 4.78 is 0. The lowest BCUT2D eigenvalue weighted by Crippen LogP contribution is -2.60. The molecule has 0 radical (unpaired) electrons. The van der Waals surface area contributed by atoms with Crippen molar-refractivity contribution in [1.82, 2.24) is 4.90 Å². The van der Waals surface area contributed by atoms with Crippen LogP contribution in [0.2, 0.25) is 0 Å². The monoisotopic (exact) mass is 263 g/mol. The van der Waals surface area contributed by atoms with Crippen LogP contribution in [0.5, 0.6) is 0 Å². The fourth-order valence-corrected chi connectivity index (χ4v) is 3.60. The first-order chi connectivity index (χ1) is 8.79. The summed E-state index contributed by atoms with van der Waals surface area (Å²) in [4.78, 5) is 14.1. The summed E-state index contributed by atoms with van der Waals surface area (Å²) in [5.74, 6) is 0.123. The Morgan fingerprint density at radius 2 is 1.72 bits per heavy atom. The Morgan fingerprint density at radius 3 is 2.39 bits per heavy atom. The Bertz CT molecular complexity index is 427. The molecule has 2 aliphatic rings. The Kier molecular flexibility index (Phi) is 3.29. The van der Waals surface area contributed by atoms with Crippen LogP contribution >= 0.6 is 11.6 Å². The van der Waals surface area contributed by atoms with Crippen molar-refractivity contribution < 1.29 is 4.79 Å². The van der Waals surface area contributed by atoms with Gasteiger partial charge in [0.1, 0.15) is 5.38 Å². The molecule has 1 aliphatic carbocycles. The van der Waals surface area contributed by atoms with Gasteiger partial charge in [-0.1, -0.05) is 49.6 Å². The summed E-state index contributed by atoms with van der Waals surface area (Å²) in [7, 11) is 0. The van der Waals surface area contributed by atoms with Crippen molar-refractivity contribution in [2.45, 2.75) is 49.6 Å². The molecule has 1 aliphatic heterocycles. The van der Waals surface area contributed by atoms with E-state index in [0.717, 1.165) is 12.8 Å². The number of carbonyl (C=O) groups is 1. The Morgan fingerprint density at radius 1 is 1.06 bits per heavy atom. The average molecular weight is 264 g/mol. The zero-order valence-corrected chi connectivity index (χ0v) is 11.1. The SMILES string of the molecule is O=C1[C@@H](Cl)[C@@H](c2ccccc2)N1C1CCCCC1. The summed E-state index contributed by atoms with van der Waals surface area (Å²) in [5, 5.41) is -0.366. The number of likely N-dealkylation sites (tertiary alicyclic amines) is 1. The van der Waals surface area contributed by atoms with E-state index < -0.39 is 0 Å². The number of alkyl halides is 1. The van der Waals surface area contributed by atoms with Crippen LogP contribution in [0.3, 0.4) is 0 Å². The number of amides is 1. The molecule has 18 heavy (non-hydrogen) atoms. The van der Waals surface area contributed by atoms with Crippen molar-refractivity contribution in [3.8, 4) is 0 Å².